The van der Waals surface area contributed by atoms with Crippen LogP contribution in [0.1, 0.15) is 17.0 Å². The van der Waals surface area contributed by atoms with Crippen LogP contribution in [0.3, 0.4) is 0 Å². The number of amides is 1. The number of hydrogen-bond acceptors (Lipinski definition) is 2. The molecular weight excluding hydrogens is 202 g/mol. The van der Waals surface area contributed by atoms with Gasteiger partial charge in [-0.3, -0.25) is 4.79 Å². The van der Waals surface area contributed by atoms with Gasteiger partial charge in [0.15, 0.2) is 5.76 Å². The fraction of sp³-hybridized carbons (Fsp3) is 0.154. The number of carbonyl (C=O) groups is 1. The Hall–Kier alpha value is -2.03. The lowest BCUT2D eigenvalue weighted by atomic mass is 10.2. The number of hydrogen-bond donors (Lipinski definition) is 1. The quantitative estimate of drug-likeness (QED) is 0.629. The minimum atomic E-state index is -0.182. The second kappa shape index (κ2) is 4.66. The Morgan fingerprint density at radius 2 is 2.25 bits per heavy atom. The van der Waals surface area contributed by atoms with Crippen LogP contribution in [0.15, 0.2) is 47.4 Å². The Labute approximate surface area is 93.8 Å². The number of carbonyl (C=O) groups excluding carboxylic acids is 1. The minimum absolute atomic E-state index is 0.182. The zero-order valence-corrected chi connectivity index (χ0v) is 8.90. The Morgan fingerprint density at radius 1 is 1.44 bits per heavy atom. The first-order chi connectivity index (χ1) is 7.81. The molecule has 0 saturated carbocycles. The van der Waals surface area contributed by atoms with Gasteiger partial charge >= 0.3 is 0 Å². The molecule has 3 nitrogen and oxygen atoms in total. The minimum Gasteiger partial charge on any atom is -0.451 e. The largest absolute Gasteiger partial charge is 0.451 e. The van der Waals surface area contributed by atoms with E-state index in [1.165, 1.54) is 0 Å². The summed E-state index contributed by atoms with van der Waals surface area (Å²) in [5.41, 5.74) is 0.733. The van der Waals surface area contributed by atoms with Crippen LogP contribution >= 0.6 is 0 Å². The molecule has 1 N–H and O–H groups in total. The number of para-hydroxylation sites is 1. The van der Waals surface area contributed by atoms with Crippen LogP contribution in [-0.4, -0.2) is 12.5 Å². The first-order valence-electron chi connectivity index (χ1n) is 5.19. The van der Waals surface area contributed by atoms with Crippen molar-refractivity contribution < 1.29 is 9.21 Å². The van der Waals surface area contributed by atoms with E-state index in [1.807, 2.05) is 24.3 Å². The molecule has 0 atom stereocenters. The summed E-state index contributed by atoms with van der Waals surface area (Å²) in [6.07, 6.45) is 2.52. The average molecular weight is 215 g/mol. The first-order valence-corrected chi connectivity index (χ1v) is 5.19. The molecule has 0 unspecified atom stereocenters. The first kappa shape index (κ1) is 10.5. The van der Waals surface area contributed by atoms with Crippen molar-refractivity contribution >= 4 is 16.9 Å². The summed E-state index contributed by atoms with van der Waals surface area (Å²) in [6.45, 7) is 4.17. The summed E-state index contributed by atoms with van der Waals surface area (Å²) < 4.78 is 5.42. The highest BCUT2D eigenvalue weighted by molar-refractivity contribution is 5.95. The van der Waals surface area contributed by atoms with Crippen molar-refractivity contribution in [2.45, 2.75) is 6.42 Å². The van der Waals surface area contributed by atoms with E-state index < -0.39 is 0 Å². The van der Waals surface area contributed by atoms with E-state index in [0.29, 0.717) is 12.3 Å². The van der Waals surface area contributed by atoms with Gasteiger partial charge in [-0.2, -0.15) is 0 Å². The molecule has 0 aliphatic heterocycles. The van der Waals surface area contributed by atoms with Gasteiger partial charge in [-0.15, -0.1) is 6.58 Å². The summed E-state index contributed by atoms with van der Waals surface area (Å²) in [4.78, 5) is 11.6. The van der Waals surface area contributed by atoms with Gasteiger partial charge in [0.25, 0.3) is 5.91 Å². The molecule has 2 rings (SSSR count). The summed E-state index contributed by atoms with van der Waals surface area (Å²) in [5.74, 6) is 0.170. The van der Waals surface area contributed by atoms with Gasteiger partial charge in [-0.1, -0.05) is 24.3 Å². The maximum absolute atomic E-state index is 11.6. The molecule has 0 radical (unpaired) electrons. The third-order valence-electron chi connectivity index (χ3n) is 2.28. The number of rotatable bonds is 4. The summed E-state index contributed by atoms with van der Waals surface area (Å²) in [6, 6.07) is 9.30. The number of furan rings is 1. The predicted octanol–water partition coefficient (Wildman–Crippen LogP) is 2.74. The van der Waals surface area contributed by atoms with Crippen LogP contribution in [0, 0.1) is 0 Å². The third-order valence-corrected chi connectivity index (χ3v) is 2.28. The topological polar surface area (TPSA) is 42.2 Å². The second-order valence-electron chi connectivity index (χ2n) is 3.48. The zero-order valence-electron chi connectivity index (χ0n) is 8.90. The highest BCUT2D eigenvalue weighted by Gasteiger charge is 2.10. The lowest BCUT2D eigenvalue weighted by Gasteiger charge is -1.98. The second-order valence-corrected chi connectivity index (χ2v) is 3.48. The summed E-state index contributed by atoms with van der Waals surface area (Å²) >= 11 is 0. The van der Waals surface area contributed by atoms with Crippen molar-refractivity contribution in [2.75, 3.05) is 6.54 Å². The van der Waals surface area contributed by atoms with Gasteiger partial charge < -0.3 is 9.73 Å². The fourth-order valence-corrected chi connectivity index (χ4v) is 1.47. The highest BCUT2D eigenvalue weighted by Crippen LogP contribution is 2.18. The highest BCUT2D eigenvalue weighted by atomic mass is 16.3. The molecule has 2 aromatic rings. The van der Waals surface area contributed by atoms with Gasteiger partial charge in [0, 0.05) is 11.9 Å². The molecule has 0 aliphatic rings. The maximum Gasteiger partial charge on any atom is 0.287 e. The molecule has 82 valence electrons. The van der Waals surface area contributed by atoms with E-state index in [0.717, 1.165) is 17.4 Å². The molecule has 0 fully saturated rings. The molecule has 1 heterocycles. The molecule has 16 heavy (non-hydrogen) atoms. The van der Waals surface area contributed by atoms with E-state index in [1.54, 1.807) is 12.1 Å². The number of nitrogens with one attached hydrogen (secondary N) is 1. The normalized spacial score (nSPS) is 10.2. The Morgan fingerprint density at radius 3 is 3.00 bits per heavy atom. The molecule has 1 amide bonds. The monoisotopic (exact) mass is 215 g/mol. The smallest absolute Gasteiger partial charge is 0.287 e. The standard InChI is InChI=1S/C13H13NO2/c1-2-3-8-14-13(15)12-9-10-6-4-5-7-11(10)16-12/h2,4-7,9H,1,3,8H2,(H,14,15). The van der Waals surface area contributed by atoms with Crippen LogP contribution in [0.4, 0.5) is 0 Å². The van der Waals surface area contributed by atoms with Crippen molar-refractivity contribution in [3.05, 3.63) is 48.7 Å². The van der Waals surface area contributed by atoms with E-state index in [-0.39, 0.29) is 5.91 Å². The Balaban J connectivity index is 2.13. The van der Waals surface area contributed by atoms with Gasteiger partial charge in [0.05, 0.1) is 0 Å². The number of fused-ring (bicyclic) bond motifs is 1. The van der Waals surface area contributed by atoms with Crippen molar-refractivity contribution in [3.63, 3.8) is 0 Å². The van der Waals surface area contributed by atoms with E-state index in [9.17, 15) is 4.79 Å². The van der Waals surface area contributed by atoms with Crippen molar-refractivity contribution in [3.8, 4) is 0 Å². The molecule has 0 aliphatic carbocycles. The van der Waals surface area contributed by atoms with Gasteiger partial charge in [0.2, 0.25) is 0 Å². The lowest BCUT2D eigenvalue weighted by Crippen LogP contribution is -2.23. The van der Waals surface area contributed by atoms with Gasteiger partial charge in [-0.05, 0) is 18.6 Å². The van der Waals surface area contributed by atoms with Crippen LogP contribution in [0.25, 0.3) is 11.0 Å². The lowest BCUT2D eigenvalue weighted by molar-refractivity contribution is 0.0929. The maximum atomic E-state index is 11.6. The van der Waals surface area contributed by atoms with Crippen LogP contribution < -0.4 is 5.32 Å². The zero-order chi connectivity index (χ0) is 11.4. The predicted molar refractivity (Wildman–Crippen MR) is 63.4 cm³/mol. The molecule has 3 heteroatoms. The van der Waals surface area contributed by atoms with Crippen LogP contribution in [-0.2, 0) is 0 Å². The molecule has 0 spiro atoms. The fourth-order valence-electron chi connectivity index (χ4n) is 1.47. The van der Waals surface area contributed by atoms with Crippen LogP contribution in [0.2, 0.25) is 0 Å². The van der Waals surface area contributed by atoms with Gasteiger partial charge in [-0.25, -0.2) is 0 Å². The number of benzene rings is 1. The molecule has 1 aromatic carbocycles. The van der Waals surface area contributed by atoms with Crippen molar-refractivity contribution in [1.29, 1.82) is 0 Å². The Bertz CT molecular complexity index is 480. The van der Waals surface area contributed by atoms with E-state index in [4.69, 9.17) is 4.42 Å². The Kier molecular flexibility index (Phi) is 3.05. The summed E-state index contributed by atoms with van der Waals surface area (Å²) in [7, 11) is 0. The summed E-state index contributed by atoms with van der Waals surface area (Å²) in [5, 5.41) is 3.70. The van der Waals surface area contributed by atoms with E-state index in [2.05, 4.69) is 11.9 Å². The molecule has 1 aromatic heterocycles. The molecule has 0 saturated heterocycles. The SMILES string of the molecule is C=CCCNC(=O)c1cc2ccccc2o1. The van der Waals surface area contributed by atoms with E-state index >= 15 is 0 Å². The third kappa shape index (κ3) is 2.14. The average Bonchev–Trinajstić information content (AvgIpc) is 2.73. The van der Waals surface area contributed by atoms with Gasteiger partial charge in [0.1, 0.15) is 5.58 Å². The van der Waals surface area contributed by atoms with Crippen LogP contribution in [0.5, 0.6) is 0 Å². The molecule has 0 bridgehead atoms. The molecular formula is C13H13NO2. The van der Waals surface area contributed by atoms with Crippen molar-refractivity contribution in [1.82, 2.24) is 5.32 Å². The van der Waals surface area contributed by atoms with Crippen molar-refractivity contribution in [2.24, 2.45) is 0 Å².